The van der Waals surface area contributed by atoms with Gasteiger partial charge in [0.2, 0.25) is 0 Å². The zero-order valence-electron chi connectivity index (χ0n) is 11.7. The molecular formula is C18H19NO. The molecule has 102 valence electrons. The molecule has 1 aliphatic rings. The molecule has 20 heavy (non-hydrogen) atoms. The Balaban J connectivity index is 1.66. The molecule has 0 spiro atoms. The van der Waals surface area contributed by atoms with E-state index in [4.69, 9.17) is 0 Å². The van der Waals surface area contributed by atoms with Crippen LogP contribution < -0.4 is 5.32 Å². The van der Waals surface area contributed by atoms with E-state index >= 15 is 0 Å². The minimum absolute atomic E-state index is 0.0711. The number of hydrogen-bond acceptors (Lipinski definition) is 2. The number of fused-ring (bicyclic) bond motifs is 1. The molecule has 1 N–H and O–H groups in total. The first-order chi connectivity index (χ1) is 9.76. The largest absolute Gasteiger partial charge is 0.375 e. The van der Waals surface area contributed by atoms with Crippen molar-refractivity contribution in [2.75, 3.05) is 5.32 Å². The van der Waals surface area contributed by atoms with Crippen LogP contribution in [0, 0.1) is 0 Å². The summed E-state index contributed by atoms with van der Waals surface area (Å²) in [4.78, 5) is 12.4. The fourth-order valence-corrected chi connectivity index (χ4v) is 2.71. The molecule has 1 atom stereocenters. The number of carbonyl (C=O) groups excluding carboxylic acids is 1. The van der Waals surface area contributed by atoms with Crippen LogP contribution in [0.1, 0.15) is 23.6 Å². The number of aryl methyl sites for hydroxylation is 1. The van der Waals surface area contributed by atoms with Crippen molar-refractivity contribution in [2.24, 2.45) is 0 Å². The highest BCUT2D eigenvalue weighted by Gasteiger charge is 2.25. The first-order valence-electron chi connectivity index (χ1n) is 7.21. The van der Waals surface area contributed by atoms with Crippen LogP contribution in [0.15, 0.2) is 48.5 Å². The van der Waals surface area contributed by atoms with Gasteiger partial charge in [0.25, 0.3) is 0 Å². The molecule has 3 rings (SSSR count). The summed E-state index contributed by atoms with van der Waals surface area (Å²) < 4.78 is 0. The monoisotopic (exact) mass is 265 g/mol. The average molecular weight is 265 g/mol. The fraction of sp³-hybridized carbons (Fsp3) is 0.278. The van der Waals surface area contributed by atoms with Gasteiger partial charge in [-0.2, -0.15) is 0 Å². The lowest BCUT2D eigenvalue weighted by Crippen LogP contribution is -2.28. The lowest BCUT2D eigenvalue weighted by Gasteiger charge is -2.10. The Kier molecular flexibility index (Phi) is 3.55. The Labute approximate surface area is 119 Å². The van der Waals surface area contributed by atoms with Crippen LogP contribution in [0.25, 0.3) is 0 Å². The van der Waals surface area contributed by atoms with E-state index in [1.807, 2.05) is 18.2 Å². The van der Waals surface area contributed by atoms with Crippen LogP contribution in [0.3, 0.4) is 0 Å². The van der Waals surface area contributed by atoms with Gasteiger partial charge in [0.05, 0.1) is 6.04 Å². The summed E-state index contributed by atoms with van der Waals surface area (Å²) in [6.07, 6.45) is 2.35. The maximum atomic E-state index is 12.4. The summed E-state index contributed by atoms with van der Waals surface area (Å²) >= 11 is 0. The highest BCUT2D eigenvalue weighted by Crippen LogP contribution is 2.26. The summed E-state index contributed by atoms with van der Waals surface area (Å²) in [7, 11) is 0. The summed E-state index contributed by atoms with van der Waals surface area (Å²) in [5.41, 5.74) is 4.76. The molecule has 0 amide bonds. The van der Waals surface area contributed by atoms with Crippen molar-refractivity contribution < 1.29 is 4.79 Å². The smallest absolute Gasteiger partial charge is 0.159 e. The highest BCUT2D eigenvalue weighted by molar-refractivity contribution is 5.90. The third-order valence-electron chi connectivity index (χ3n) is 3.97. The topological polar surface area (TPSA) is 29.1 Å². The number of nitrogens with one attached hydrogen (secondary N) is 1. The molecule has 0 aliphatic carbocycles. The number of Topliss-reactive ketones (excluding diaryl/α,β-unsaturated/α-hetero) is 1. The minimum atomic E-state index is -0.0711. The van der Waals surface area contributed by atoms with Crippen molar-refractivity contribution in [3.63, 3.8) is 0 Å². The van der Waals surface area contributed by atoms with Crippen LogP contribution in [0.4, 0.5) is 5.69 Å². The number of carbonyl (C=O) groups is 1. The van der Waals surface area contributed by atoms with Gasteiger partial charge in [0, 0.05) is 18.5 Å². The molecule has 0 saturated carbocycles. The van der Waals surface area contributed by atoms with E-state index in [0.717, 1.165) is 24.1 Å². The van der Waals surface area contributed by atoms with E-state index < -0.39 is 0 Å². The lowest BCUT2D eigenvalue weighted by molar-refractivity contribution is -0.119. The maximum absolute atomic E-state index is 12.4. The van der Waals surface area contributed by atoms with Crippen LogP contribution in [-0.4, -0.2) is 11.8 Å². The second kappa shape index (κ2) is 5.49. The first kappa shape index (κ1) is 12.9. The molecule has 1 aliphatic heterocycles. The minimum Gasteiger partial charge on any atom is -0.375 e. The zero-order valence-corrected chi connectivity index (χ0v) is 11.7. The summed E-state index contributed by atoms with van der Waals surface area (Å²) in [6.45, 7) is 2.14. The van der Waals surface area contributed by atoms with Gasteiger partial charge in [-0.3, -0.25) is 4.79 Å². The molecule has 2 nitrogen and oxygen atoms in total. The van der Waals surface area contributed by atoms with Crippen LogP contribution in [0.2, 0.25) is 0 Å². The average Bonchev–Trinajstić information content (AvgIpc) is 2.92. The van der Waals surface area contributed by atoms with Crippen LogP contribution in [0.5, 0.6) is 0 Å². The third-order valence-corrected chi connectivity index (χ3v) is 3.97. The van der Waals surface area contributed by atoms with Crippen LogP contribution >= 0.6 is 0 Å². The van der Waals surface area contributed by atoms with Crippen molar-refractivity contribution in [1.29, 1.82) is 0 Å². The molecule has 0 fully saturated rings. The second-order valence-electron chi connectivity index (χ2n) is 5.37. The normalized spacial score (nSPS) is 16.6. The molecule has 1 heterocycles. The molecule has 2 aromatic carbocycles. The Hall–Kier alpha value is -2.09. The van der Waals surface area contributed by atoms with E-state index in [1.54, 1.807) is 0 Å². The van der Waals surface area contributed by atoms with Crippen molar-refractivity contribution in [2.45, 2.75) is 32.2 Å². The lowest BCUT2D eigenvalue weighted by atomic mass is 10.00. The summed E-state index contributed by atoms with van der Waals surface area (Å²) in [5, 5.41) is 3.33. The SMILES string of the molecule is CCc1ccc(CC(=O)C2Cc3ccccc3N2)cc1. The van der Waals surface area contributed by atoms with Crippen molar-refractivity contribution in [3.8, 4) is 0 Å². The number of ketones is 1. The predicted molar refractivity (Wildman–Crippen MR) is 82.1 cm³/mol. The number of rotatable bonds is 4. The quantitative estimate of drug-likeness (QED) is 0.918. The fourth-order valence-electron chi connectivity index (χ4n) is 2.71. The summed E-state index contributed by atoms with van der Waals surface area (Å²) in [6, 6.07) is 16.4. The Morgan fingerprint density at radius 3 is 2.50 bits per heavy atom. The van der Waals surface area contributed by atoms with Gasteiger partial charge >= 0.3 is 0 Å². The number of para-hydroxylation sites is 1. The van der Waals surface area contributed by atoms with Crippen molar-refractivity contribution in [1.82, 2.24) is 0 Å². The zero-order chi connectivity index (χ0) is 13.9. The number of hydrogen-bond donors (Lipinski definition) is 1. The molecule has 2 heteroatoms. The van der Waals surface area contributed by atoms with Gasteiger partial charge in [-0.1, -0.05) is 49.4 Å². The van der Waals surface area contributed by atoms with E-state index in [-0.39, 0.29) is 11.8 Å². The van der Waals surface area contributed by atoms with E-state index in [0.29, 0.717) is 6.42 Å². The molecule has 2 aromatic rings. The maximum Gasteiger partial charge on any atom is 0.159 e. The third kappa shape index (κ3) is 2.60. The van der Waals surface area contributed by atoms with Gasteiger partial charge in [0.15, 0.2) is 5.78 Å². The number of anilines is 1. The van der Waals surface area contributed by atoms with E-state index in [2.05, 4.69) is 42.6 Å². The van der Waals surface area contributed by atoms with Crippen molar-refractivity contribution in [3.05, 3.63) is 65.2 Å². The van der Waals surface area contributed by atoms with Crippen molar-refractivity contribution >= 4 is 11.5 Å². The van der Waals surface area contributed by atoms with Gasteiger partial charge in [-0.05, 0) is 29.2 Å². The van der Waals surface area contributed by atoms with Gasteiger partial charge in [-0.25, -0.2) is 0 Å². The molecule has 1 unspecified atom stereocenters. The standard InChI is InChI=1S/C18H19NO/c1-2-13-7-9-14(10-8-13)11-18(20)17-12-15-5-3-4-6-16(15)19-17/h3-10,17,19H,2,11-12H2,1H3. The molecule has 0 radical (unpaired) electrons. The Morgan fingerprint density at radius 1 is 1.10 bits per heavy atom. The van der Waals surface area contributed by atoms with E-state index in [1.165, 1.54) is 11.1 Å². The molecular weight excluding hydrogens is 246 g/mol. The Bertz CT molecular complexity index is 591. The molecule has 0 aromatic heterocycles. The predicted octanol–water partition coefficient (Wildman–Crippen LogP) is 3.40. The molecule has 0 saturated heterocycles. The summed E-state index contributed by atoms with van der Waals surface area (Å²) in [5.74, 6) is 0.269. The van der Waals surface area contributed by atoms with Gasteiger partial charge in [-0.15, -0.1) is 0 Å². The van der Waals surface area contributed by atoms with Gasteiger partial charge < -0.3 is 5.32 Å². The first-order valence-corrected chi connectivity index (χ1v) is 7.21. The molecule has 0 bridgehead atoms. The Morgan fingerprint density at radius 2 is 1.80 bits per heavy atom. The number of benzene rings is 2. The van der Waals surface area contributed by atoms with Crippen LogP contribution in [-0.2, 0) is 24.1 Å². The highest BCUT2D eigenvalue weighted by atomic mass is 16.1. The van der Waals surface area contributed by atoms with Gasteiger partial charge in [0.1, 0.15) is 0 Å². The second-order valence-corrected chi connectivity index (χ2v) is 5.37. The van der Waals surface area contributed by atoms with E-state index in [9.17, 15) is 4.79 Å².